The number of aromatic amines is 1. The summed E-state index contributed by atoms with van der Waals surface area (Å²) in [5.41, 5.74) is 0.0190. The van der Waals surface area contributed by atoms with E-state index >= 15 is 0 Å². The average Bonchev–Trinajstić information content (AvgIpc) is 2.61. The van der Waals surface area contributed by atoms with Crippen LogP contribution in [0.5, 0.6) is 0 Å². The number of nitrogens with zero attached hydrogens (tertiary/aromatic N) is 1. The van der Waals surface area contributed by atoms with Gasteiger partial charge in [-0.3, -0.25) is 9.89 Å². The Hall–Kier alpha value is -1.91. The lowest BCUT2D eigenvalue weighted by atomic mass is 9.96. The van der Waals surface area contributed by atoms with Gasteiger partial charge in [0, 0.05) is 5.41 Å². The van der Waals surface area contributed by atoms with E-state index in [9.17, 15) is 9.18 Å². The number of amides is 1. The molecule has 1 amide bonds. The molecule has 0 atom stereocenters. The Morgan fingerprint density at radius 3 is 2.76 bits per heavy atom. The molecule has 17 heavy (non-hydrogen) atoms. The molecule has 0 saturated heterocycles. The zero-order valence-corrected chi connectivity index (χ0v) is 9.97. The number of halogens is 1. The molecule has 0 aliphatic rings. The monoisotopic (exact) mass is 235 g/mol. The molecule has 0 bridgehead atoms. The van der Waals surface area contributed by atoms with Crippen molar-refractivity contribution in [1.29, 1.82) is 0 Å². The van der Waals surface area contributed by atoms with Crippen LogP contribution in [0.3, 0.4) is 0 Å². The largest absolute Gasteiger partial charge is 0.308 e. The molecule has 4 nitrogen and oxygen atoms in total. The van der Waals surface area contributed by atoms with E-state index in [1.165, 1.54) is 6.07 Å². The van der Waals surface area contributed by atoms with Gasteiger partial charge in [-0.25, -0.2) is 4.39 Å². The summed E-state index contributed by atoms with van der Waals surface area (Å²) >= 11 is 0. The zero-order chi connectivity index (χ0) is 12.6. The molecule has 90 valence electrons. The van der Waals surface area contributed by atoms with Gasteiger partial charge >= 0.3 is 0 Å². The second kappa shape index (κ2) is 3.84. The molecule has 0 unspecified atom stereocenters. The van der Waals surface area contributed by atoms with E-state index in [0.29, 0.717) is 10.9 Å². The van der Waals surface area contributed by atoms with Crippen molar-refractivity contribution in [3.8, 4) is 0 Å². The summed E-state index contributed by atoms with van der Waals surface area (Å²) in [6.45, 7) is 5.36. The highest BCUT2D eigenvalue weighted by molar-refractivity contribution is 6.01. The lowest BCUT2D eigenvalue weighted by Crippen LogP contribution is -2.27. The predicted molar refractivity (Wildman–Crippen MR) is 64.1 cm³/mol. The van der Waals surface area contributed by atoms with Gasteiger partial charge in [-0.05, 0) is 12.1 Å². The molecule has 1 aromatic heterocycles. The Kier molecular flexibility index (Phi) is 2.61. The number of hydrogen-bond donors (Lipinski definition) is 2. The summed E-state index contributed by atoms with van der Waals surface area (Å²) in [5, 5.41) is 9.53. The summed E-state index contributed by atoms with van der Waals surface area (Å²) in [7, 11) is 0. The molecule has 1 heterocycles. The van der Waals surface area contributed by atoms with Crippen molar-refractivity contribution in [3.05, 3.63) is 24.0 Å². The Bertz CT molecular complexity index is 569. The third-order valence-electron chi connectivity index (χ3n) is 2.45. The van der Waals surface area contributed by atoms with E-state index < -0.39 is 11.2 Å². The first-order chi connectivity index (χ1) is 7.89. The van der Waals surface area contributed by atoms with Crippen LogP contribution in [0.4, 0.5) is 10.2 Å². The van der Waals surface area contributed by atoms with Crippen LogP contribution in [-0.4, -0.2) is 16.1 Å². The molecule has 1 aromatic carbocycles. The van der Waals surface area contributed by atoms with Crippen LogP contribution in [0, 0.1) is 11.2 Å². The first kappa shape index (κ1) is 11.6. The number of carbonyl (C=O) groups is 1. The molecule has 2 aromatic rings. The summed E-state index contributed by atoms with van der Waals surface area (Å²) in [5.74, 6) is -0.368. The van der Waals surface area contributed by atoms with Crippen molar-refractivity contribution >= 4 is 22.6 Å². The van der Waals surface area contributed by atoms with Gasteiger partial charge in [0.25, 0.3) is 0 Å². The van der Waals surface area contributed by atoms with Gasteiger partial charge in [0.1, 0.15) is 5.82 Å². The minimum absolute atomic E-state index is 0.200. The van der Waals surface area contributed by atoms with Crippen LogP contribution < -0.4 is 5.32 Å². The molecular formula is C12H14FN3O. The van der Waals surface area contributed by atoms with Crippen LogP contribution in [0.2, 0.25) is 0 Å². The van der Waals surface area contributed by atoms with Gasteiger partial charge in [0.15, 0.2) is 5.82 Å². The highest BCUT2D eigenvalue weighted by Crippen LogP contribution is 2.25. The summed E-state index contributed by atoms with van der Waals surface area (Å²) in [4.78, 5) is 11.8. The van der Waals surface area contributed by atoms with Crippen molar-refractivity contribution in [1.82, 2.24) is 10.2 Å². The zero-order valence-electron chi connectivity index (χ0n) is 9.97. The molecule has 2 rings (SSSR count). The normalized spacial score (nSPS) is 11.8. The van der Waals surface area contributed by atoms with Gasteiger partial charge in [-0.1, -0.05) is 26.8 Å². The fraction of sp³-hybridized carbons (Fsp3) is 0.333. The Morgan fingerprint density at radius 2 is 2.12 bits per heavy atom. The lowest BCUT2D eigenvalue weighted by molar-refractivity contribution is -0.123. The fourth-order valence-electron chi connectivity index (χ4n) is 1.42. The molecular weight excluding hydrogens is 221 g/mol. The minimum Gasteiger partial charge on any atom is -0.308 e. The number of hydrogen-bond acceptors (Lipinski definition) is 2. The second-order valence-corrected chi connectivity index (χ2v) is 4.94. The van der Waals surface area contributed by atoms with Crippen LogP contribution in [0.1, 0.15) is 20.8 Å². The smallest absolute Gasteiger partial charge is 0.230 e. The van der Waals surface area contributed by atoms with Crippen molar-refractivity contribution in [3.63, 3.8) is 0 Å². The SMILES string of the molecule is CC(C)(C)C(=O)Nc1n[nH]c2cccc(F)c12. The van der Waals surface area contributed by atoms with Crippen molar-refractivity contribution in [2.45, 2.75) is 20.8 Å². The van der Waals surface area contributed by atoms with Gasteiger partial charge in [-0.15, -0.1) is 0 Å². The maximum absolute atomic E-state index is 13.6. The molecule has 0 radical (unpaired) electrons. The third-order valence-corrected chi connectivity index (χ3v) is 2.45. The predicted octanol–water partition coefficient (Wildman–Crippen LogP) is 2.69. The molecule has 0 fully saturated rings. The first-order valence-electron chi connectivity index (χ1n) is 5.33. The molecule has 5 heteroatoms. The Morgan fingerprint density at radius 1 is 1.41 bits per heavy atom. The summed E-state index contributed by atoms with van der Waals surface area (Å²) in [6, 6.07) is 4.63. The van der Waals surface area contributed by atoms with Gasteiger partial charge in [0.2, 0.25) is 5.91 Å². The van der Waals surface area contributed by atoms with Gasteiger partial charge in [-0.2, -0.15) is 5.10 Å². The van der Waals surface area contributed by atoms with E-state index in [1.54, 1.807) is 32.9 Å². The van der Waals surface area contributed by atoms with E-state index in [4.69, 9.17) is 0 Å². The standard InChI is InChI=1S/C12H14FN3O/c1-12(2,3)11(17)14-10-9-7(13)5-4-6-8(9)15-16-10/h4-6H,1-3H3,(H2,14,15,16,17). The molecule has 0 spiro atoms. The maximum Gasteiger partial charge on any atom is 0.230 e. The van der Waals surface area contributed by atoms with Crippen molar-refractivity contribution in [2.24, 2.45) is 5.41 Å². The summed E-state index contributed by atoms with van der Waals surface area (Å²) < 4.78 is 13.6. The van der Waals surface area contributed by atoms with Crippen molar-refractivity contribution < 1.29 is 9.18 Å². The van der Waals surface area contributed by atoms with Crippen LogP contribution in [-0.2, 0) is 4.79 Å². The first-order valence-corrected chi connectivity index (χ1v) is 5.33. The van der Waals surface area contributed by atoms with E-state index in [-0.39, 0.29) is 11.7 Å². The van der Waals surface area contributed by atoms with Crippen LogP contribution in [0.15, 0.2) is 18.2 Å². The summed E-state index contributed by atoms with van der Waals surface area (Å²) in [6.07, 6.45) is 0. The van der Waals surface area contributed by atoms with Crippen LogP contribution in [0.25, 0.3) is 10.9 Å². The topological polar surface area (TPSA) is 57.8 Å². The highest BCUT2D eigenvalue weighted by Gasteiger charge is 2.23. The number of nitrogens with one attached hydrogen (secondary N) is 2. The quantitative estimate of drug-likeness (QED) is 0.798. The average molecular weight is 235 g/mol. The third kappa shape index (κ3) is 2.13. The Balaban J connectivity index is 2.41. The lowest BCUT2D eigenvalue weighted by Gasteiger charge is -2.16. The molecule has 0 saturated carbocycles. The molecule has 0 aliphatic carbocycles. The second-order valence-electron chi connectivity index (χ2n) is 4.94. The number of H-pyrrole nitrogens is 1. The number of anilines is 1. The fourth-order valence-corrected chi connectivity index (χ4v) is 1.42. The van der Waals surface area contributed by atoms with Crippen LogP contribution >= 0.6 is 0 Å². The Labute approximate surface area is 98.2 Å². The van der Waals surface area contributed by atoms with Gasteiger partial charge < -0.3 is 5.32 Å². The number of benzene rings is 1. The van der Waals surface area contributed by atoms with E-state index in [1.807, 2.05) is 0 Å². The highest BCUT2D eigenvalue weighted by atomic mass is 19.1. The van der Waals surface area contributed by atoms with Gasteiger partial charge in [0.05, 0.1) is 10.9 Å². The number of fused-ring (bicyclic) bond motifs is 1. The number of rotatable bonds is 1. The number of aromatic nitrogens is 2. The van der Waals surface area contributed by atoms with E-state index in [0.717, 1.165) is 0 Å². The number of carbonyl (C=O) groups excluding carboxylic acids is 1. The maximum atomic E-state index is 13.6. The molecule has 0 aliphatic heterocycles. The van der Waals surface area contributed by atoms with Crippen molar-refractivity contribution in [2.75, 3.05) is 5.32 Å². The molecule has 2 N–H and O–H groups in total. The minimum atomic E-state index is -0.545. The van der Waals surface area contributed by atoms with E-state index in [2.05, 4.69) is 15.5 Å².